The molecule has 0 aromatic carbocycles. The summed E-state index contributed by atoms with van der Waals surface area (Å²) in [4.78, 5) is 43.9. The fraction of sp³-hybridized carbons (Fsp3) is 1.00. The van der Waals surface area contributed by atoms with Gasteiger partial charge in [-0.25, -0.2) is 0 Å². The molecule has 0 aliphatic carbocycles. The highest BCUT2D eigenvalue weighted by atomic mass is 31.2. The van der Waals surface area contributed by atoms with Gasteiger partial charge in [-0.3, -0.25) is 4.90 Å². The molecule has 0 radical (unpaired) electrons. The highest BCUT2D eigenvalue weighted by Gasteiger charge is 2.17. The van der Waals surface area contributed by atoms with E-state index in [1.807, 2.05) is 6.92 Å². The van der Waals surface area contributed by atoms with Crippen molar-refractivity contribution >= 4 is 15.2 Å². The van der Waals surface area contributed by atoms with E-state index in [2.05, 4.69) is 20.8 Å². The maximum Gasteiger partial charge on any atom is 0.0264 e. The Bertz CT molecular complexity index is 371. The minimum Gasteiger partial charge on any atom is -0.810 e. The van der Waals surface area contributed by atoms with E-state index >= 15 is 0 Å². The molecule has 0 saturated carbocycles. The van der Waals surface area contributed by atoms with E-state index < -0.39 is 27.8 Å². The van der Waals surface area contributed by atoms with Crippen molar-refractivity contribution in [3.8, 4) is 0 Å². The smallest absolute Gasteiger partial charge is 0.0264 e. The van der Waals surface area contributed by atoms with E-state index in [4.69, 9.17) is 0 Å². The van der Waals surface area contributed by atoms with Gasteiger partial charge >= 0.3 is 0 Å². The highest BCUT2D eigenvalue weighted by molar-refractivity contribution is 7.49. The average molecular weight is 399 g/mol. The van der Waals surface area contributed by atoms with Crippen molar-refractivity contribution < 1.29 is 28.7 Å². The zero-order chi connectivity index (χ0) is 16.2. The number of hydrogen-bond acceptors (Lipinski definition) is 7. The summed E-state index contributed by atoms with van der Waals surface area (Å²) in [6, 6.07) is 0. The van der Waals surface area contributed by atoms with Crippen molar-refractivity contribution in [3.63, 3.8) is 0 Å². The molecule has 0 bridgehead atoms. The van der Waals surface area contributed by atoms with Gasteiger partial charge in [0, 0.05) is 12.6 Å². The molecule has 0 rings (SSSR count). The summed E-state index contributed by atoms with van der Waals surface area (Å²) >= 11 is 0. The standard InChI is InChI=1S/C11H27NO6P2.4H3N/c1-10(7-11(2,3)4)5-6-12(8-19(13,14)15)9-20(16,17)18;;;;/h10H,5-9H2,1-4H3,(H2,13,14,15)(H2,16,17,18);4*1H3. The molecule has 24 heavy (non-hydrogen) atoms. The Morgan fingerprint density at radius 1 is 0.875 bits per heavy atom. The Kier molecular flexibility index (Phi) is 19.6. The van der Waals surface area contributed by atoms with Gasteiger partial charge in [0.05, 0.1) is 0 Å². The van der Waals surface area contributed by atoms with E-state index in [1.54, 1.807) is 0 Å². The van der Waals surface area contributed by atoms with E-state index in [-0.39, 0.29) is 42.5 Å². The topological polar surface area (TPSA) is 276 Å². The molecule has 1 unspecified atom stereocenters. The van der Waals surface area contributed by atoms with E-state index in [0.29, 0.717) is 6.42 Å². The molecule has 11 nitrogen and oxygen atoms in total. The Morgan fingerprint density at radius 3 is 1.46 bits per heavy atom. The number of rotatable bonds is 8. The molecule has 13 heteroatoms. The number of hydrogen-bond donors (Lipinski definition) is 4. The molecule has 16 N–H and O–H groups in total. The molecule has 0 spiro atoms. The van der Waals surface area contributed by atoms with Crippen molar-refractivity contribution in [2.45, 2.75) is 40.5 Å². The van der Waals surface area contributed by atoms with Crippen LogP contribution in [0.3, 0.4) is 0 Å². The first-order chi connectivity index (χ1) is 8.68. The van der Waals surface area contributed by atoms with Crippen LogP contribution in [-0.2, 0) is 9.13 Å². The summed E-state index contributed by atoms with van der Waals surface area (Å²) < 4.78 is 21.5. The molecule has 154 valence electrons. The molecule has 0 aliphatic heterocycles. The number of quaternary nitrogens is 4. The molecule has 0 saturated heterocycles. The van der Waals surface area contributed by atoms with E-state index in [1.165, 1.54) is 0 Å². The quantitative estimate of drug-likeness (QED) is 0.429. The van der Waals surface area contributed by atoms with Crippen LogP contribution < -0.4 is 44.2 Å². The predicted octanol–water partition coefficient (Wildman–Crippen LogP) is 0.998. The molecule has 0 fully saturated rings. The van der Waals surface area contributed by atoms with Gasteiger partial charge in [-0.15, -0.1) is 0 Å². The van der Waals surface area contributed by atoms with Crippen LogP contribution in [0.15, 0.2) is 0 Å². The van der Waals surface area contributed by atoms with Crippen LogP contribution in [0.1, 0.15) is 40.5 Å². The van der Waals surface area contributed by atoms with Crippen LogP contribution in [-0.4, -0.2) is 24.0 Å². The monoisotopic (exact) mass is 399 g/mol. The Morgan fingerprint density at radius 2 is 1.21 bits per heavy atom. The Labute approximate surface area is 145 Å². The van der Waals surface area contributed by atoms with Crippen LogP contribution >= 0.6 is 15.2 Å². The van der Waals surface area contributed by atoms with E-state index in [9.17, 15) is 28.7 Å². The Hall–Kier alpha value is 0.100. The SMILES string of the molecule is CC(CCN(CP(=O)([O-])[O-])CP(=O)([O-])[O-])CC(C)(C)C.[NH4+].[NH4+].[NH4+].[NH4+]. The van der Waals surface area contributed by atoms with Gasteiger partial charge < -0.3 is 53.3 Å². The van der Waals surface area contributed by atoms with Crippen LogP contribution in [0.5, 0.6) is 0 Å². The first-order valence-electron chi connectivity index (χ1n) is 6.42. The first-order valence-corrected chi connectivity index (χ1v) is 9.88. The zero-order valence-electron chi connectivity index (χ0n) is 16.4. The summed E-state index contributed by atoms with van der Waals surface area (Å²) in [6.45, 7) is 8.25. The molecular formula is C11H39N5O6P2. The minimum atomic E-state index is -4.88. The van der Waals surface area contributed by atoms with Gasteiger partial charge in [-0.1, -0.05) is 42.9 Å². The maximum atomic E-state index is 10.7. The Balaban J connectivity index is -0.000000301. The van der Waals surface area contributed by atoms with Crippen LogP contribution in [0.2, 0.25) is 0 Å². The summed E-state index contributed by atoms with van der Waals surface area (Å²) in [5.74, 6) is 0.230. The third-order valence-corrected chi connectivity index (χ3v) is 4.14. The summed E-state index contributed by atoms with van der Waals surface area (Å²) in [6.07, 6.45) is -0.454. The van der Waals surface area contributed by atoms with Crippen molar-refractivity contribution in [1.29, 1.82) is 0 Å². The largest absolute Gasteiger partial charge is 0.810 e. The fourth-order valence-corrected chi connectivity index (χ4v) is 3.85. The van der Waals surface area contributed by atoms with Crippen molar-refractivity contribution in [2.24, 2.45) is 11.3 Å². The van der Waals surface area contributed by atoms with E-state index in [0.717, 1.165) is 11.3 Å². The second kappa shape index (κ2) is 13.3. The molecular weight excluding hydrogens is 360 g/mol. The molecule has 0 aliphatic rings. The fourth-order valence-electron chi connectivity index (χ4n) is 2.23. The molecule has 0 aromatic heterocycles. The van der Waals surface area contributed by atoms with Gasteiger partial charge in [0.2, 0.25) is 0 Å². The van der Waals surface area contributed by atoms with Gasteiger partial charge in [-0.05, 0) is 30.7 Å². The molecule has 1 atom stereocenters. The average Bonchev–Trinajstić information content (AvgIpc) is 2.06. The normalized spacial score (nSPS) is 13.0. The third kappa shape index (κ3) is 24.4. The lowest BCUT2D eigenvalue weighted by Gasteiger charge is -2.41. The summed E-state index contributed by atoms with van der Waals surface area (Å²) in [7, 11) is -9.76. The van der Waals surface area contributed by atoms with Gasteiger partial charge in [-0.2, -0.15) is 0 Å². The third-order valence-electron chi connectivity index (χ3n) is 2.65. The molecule has 0 aromatic rings. The zero-order valence-corrected chi connectivity index (χ0v) is 18.2. The summed E-state index contributed by atoms with van der Waals surface area (Å²) in [5.41, 5.74) is 0.100. The van der Waals surface area contributed by atoms with Crippen LogP contribution in [0, 0.1) is 11.3 Å². The highest BCUT2D eigenvalue weighted by Crippen LogP contribution is 2.32. The van der Waals surface area contributed by atoms with Gasteiger partial charge in [0.1, 0.15) is 0 Å². The van der Waals surface area contributed by atoms with Crippen molar-refractivity contribution in [2.75, 3.05) is 19.1 Å². The predicted molar refractivity (Wildman–Crippen MR) is 93.4 cm³/mol. The number of nitrogens with zero attached hydrogens (tertiary/aromatic N) is 1. The lowest BCUT2D eigenvalue weighted by Crippen LogP contribution is -2.37. The first kappa shape index (κ1) is 35.3. The second-order valence-corrected chi connectivity index (χ2v) is 9.57. The van der Waals surface area contributed by atoms with Crippen molar-refractivity contribution in [1.82, 2.24) is 29.5 Å². The molecule has 0 heterocycles. The lowest BCUT2D eigenvalue weighted by atomic mass is 9.84. The second-order valence-electron chi connectivity index (χ2n) is 6.56. The van der Waals surface area contributed by atoms with Crippen LogP contribution in [0.25, 0.3) is 0 Å². The van der Waals surface area contributed by atoms with Crippen LogP contribution in [0.4, 0.5) is 0 Å². The molecule has 0 amide bonds. The summed E-state index contributed by atoms with van der Waals surface area (Å²) in [5, 5.41) is 0. The van der Waals surface area contributed by atoms with Gasteiger partial charge in [0.15, 0.2) is 0 Å². The maximum absolute atomic E-state index is 10.7. The lowest BCUT2D eigenvalue weighted by molar-refractivity contribution is -0.318. The van der Waals surface area contributed by atoms with Crippen molar-refractivity contribution in [3.05, 3.63) is 0 Å². The minimum absolute atomic E-state index is 0. The van der Waals surface area contributed by atoms with Gasteiger partial charge in [0.25, 0.3) is 0 Å².